The van der Waals surface area contributed by atoms with Gasteiger partial charge in [-0.25, -0.2) is 6.07 Å². The molecule has 1 aliphatic rings. The molecule has 149 valence electrons. The Morgan fingerprint density at radius 2 is 2.07 bits per heavy atom. The molecule has 1 radical (unpaired) electrons. The van der Waals surface area contributed by atoms with E-state index in [0.29, 0.717) is 25.6 Å². The van der Waals surface area contributed by atoms with Crippen molar-refractivity contribution < 1.29 is 42.6 Å². The van der Waals surface area contributed by atoms with Gasteiger partial charge in [0.25, 0.3) is 0 Å². The van der Waals surface area contributed by atoms with Crippen LogP contribution in [0, 0.1) is 11.3 Å². The molecule has 0 amide bonds. The Morgan fingerprint density at radius 3 is 2.75 bits per heavy atom. The molecule has 1 aromatic carbocycles. The molecule has 1 unspecified atom stereocenters. The van der Waals surface area contributed by atoms with E-state index < -0.39 is 6.10 Å². The van der Waals surface area contributed by atoms with Gasteiger partial charge in [-0.3, -0.25) is 0 Å². The largest absolute Gasteiger partial charge is 0.388 e. The molecule has 0 saturated heterocycles. The van der Waals surface area contributed by atoms with Crippen molar-refractivity contribution in [3.8, 4) is 0 Å². The molecule has 0 saturated carbocycles. The zero-order chi connectivity index (χ0) is 19.1. The molecule has 1 aromatic heterocycles. The summed E-state index contributed by atoms with van der Waals surface area (Å²) < 4.78 is 6.70. The van der Waals surface area contributed by atoms with Crippen LogP contribution >= 0.6 is 27.3 Å². The van der Waals surface area contributed by atoms with Crippen LogP contribution in [0.2, 0.25) is 0 Å². The van der Waals surface area contributed by atoms with Gasteiger partial charge in [0.1, 0.15) is 0 Å². The van der Waals surface area contributed by atoms with Crippen molar-refractivity contribution in [1.29, 1.82) is 0 Å². The van der Waals surface area contributed by atoms with Gasteiger partial charge in [0.15, 0.2) is 0 Å². The Labute approximate surface area is 206 Å². The van der Waals surface area contributed by atoms with E-state index in [2.05, 4.69) is 51.6 Å². The number of aliphatic hydroxyl groups excluding tert-OH is 1. The summed E-state index contributed by atoms with van der Waals surface area (Å²) in [7, 11) is 0. The number of thiophene rings is 1. The molecule has 28 heavy (non-hydrogen) atoms. The monoisotopic (exact) mass is 536 g/mol. The number of allylic oxidation sites excluding steroid dienone is 2. The van der Waals surface area contributed by atoms with Crippen molar-refractivity contribution in [3.05, 3.63) is 62.3 Å². The molecule has 1 N–H and O–H groups in total. The summed E-state index contributed by atoms with van der Waals surface area (Å²) >= 11 is 5.55. The first kappa shape index (κ1) is 24.4. The van der Waals surface area contributed by atoms with Gasteiger partial charge in [0.2, 0.25) is 0 Å². The molecule has 2 nitrogen and oxygen atoms in total. The molecular formula is C23H28BrO2SY-. The molecule has 1 aliphatic carbocycles. The van der Waals surface area contributed by atoms with E-state index >= 15 is 0 Å². The van der Waals surface area contributed by atoms with Crippen LogP contribution in [0.5, 0.6) is 0 Å². The predicted octanol–water partition coefficient (Wildman–Crippen LogP) is 6.54. The van der Waals surface area contributed by atoms with Crippen LogP contribution in [-0.4, -0.2) is 18.3 Å². The number of hydrogen-bond acceptors (Lipinski definition) is 3. The van der Waals surface area contributed by atoms with Crippen molar-refractivity contribution in [2.75, 3.05) is 13.2 Å². The molecular weight excluding hydrogens is 509 g/mol. The zero-order valence-electron chi connectivity index (χ0n) is 16.5. The van der Waals surface area contributed by atoms with Gasteiger partial charge in [-0.2, -0.15) is 6.07 Å². The number of benzene rings is 1. The summed E-state index contributed by atoms with van der Waals surface area (Å²) in [5.41, 5.74) is 3.72. The first-order chi connectivity index (χ1) is 13.2. The third-order valence-corrected chi connectivity index (χ3v) is 6.94. The van der Waals surface area contributed by atoms with Crippen LogP contribution in [0.1, 0.15) is 61.1 Å². The normalized spacial score (nSPS) is 17.6. The summed E-state index contributed by atoms with van der Waals surface area (Å²) in [4.78, 5) is 1.43. The van der Waals surface area contributed by atoms with Crippen molar-refractivity contribution in [2.45, 2.75) is 51.6 Å². The number of aliphatic hydroxyl groups is 1. The maximum absolute atomic E-state index is 10.3. The quantitative estimate of drug-likeness (QED) is 0.276. The van der Waals surface area contributed by atoms with Crippen LogP contribution in [0.15, 0.2) is 40.9 Å². The summed E-state index contributed by atoms with van der Waals surface area (Å²) in [6, 6.07) is 12.7. The molecule has 2 aromatic rings. The maximum atomic E-state index is 10.3. The van der Waals surface area contributed by atoms with Gasteiger partial charge in [0.05, 0.1) is 6.10 Å². The summed E-state index contributed by atoms with van der Waals surface area (Å²) in [6.07, 6.45) is 6.14. The Bertz CT molecular complexity index is 728. The Hall–Kier alpha value is 0.164. The number of aryl methyl sites for hydroxylation is 1. The Kier molecular flexibility index (Phi) is 11.1. The molecule has 1 heterocycles. The summed E-state index contributed by atoms with van der Waals surface area (Å²) in [5.74, 6) is 0.622. The fourth-order valence-electron chi connectivity index (χ4n) is 3.80. The number of hydrogen-bond donors (Lipinski definition) is 1. The van der Waals surface area contributed by atoms with Crippen LogP contribution < -0.4 is 0 Å². The van der Waals surface area contributed by atoms with Crippen LogP contribution in [-0.2, 0) is 43.9 Å². The van der Waals surface area contributed by atoms with Gasteiger partial charge >= 0.3 is 0 Å². The van der Waals surface area contributed by atoms with Crippen molar-refractivity contribution in [2.24, 2.45) is 5.92 Å². The first-order valence-electron chi connectivity index (χ1n) is 9.88. The van der Waals surface area contributed by atoms with E-state index in [0.717, 1.165) is 18.4 Å². The van der Waals surface area contributed by atoms with Crippen molar-refractivity contribution >= 4 is 32.8 Å². The van der Waals surface area contributed by atoms with Crippen LogP contribution in [0.25, 0.3) is 5.57 Å². The zero-order valence-corrected chi connectivity index (χ0v) is 21.7. The van der Waals surface area contributed by atoms with Crippen LogP contribution in [0.3, 0.4) is 0 Å². The van der Waals surface area contributed by atoms with Crippen LogP contribution in [0.4, 0.5) is 0 Å². The third-order valence-electron chi connectivity index (χ3n) is 5.26. The minimum absolute atomic E-state index is 0. The second-order valence-corrected chi connectivity index (χ2v) is 9.01. The first-order valence-corrected chi connectivity index (χ1v) is 11.5. The second-order valence-electron chi connectivity index (χ2n) is 7.09. The molecule has 0 aliphatic heterocycles. The van der Waals surface area contributed by atoms with E-state index in [1.54, 1.807) is 11.3 Å². The van der Waals surface area contributed by atoms with Gasteiger partial charge < -0.3 is 21.2 Å². The van der Waals surface area contributed by atoms with E-state index in [1.165, 1.54) is 39.8 Å². The number of ether oxygens (including phenoxy) is 1. The average molecular weight is 537 g/mol. The van der Waals surface area contributed by atoms with E-state index in [1.807, 2.05) is 13.0 Å². The van der Waals surface area contributed by atoms with E-state index in [4.69, 9.17) is 4.74 Å². The molecule has 2 atom stereocenters. The molecule has 0 fully saturated rings. The SMILES string of the molecule is CCOCCC(O)c1ccc(C2=C(Br)CC[C@@H]2CCCc2cc[c-]s2)cc1.[Y]. The second kappa shape index (κ2) is 12.8. The Balaban J connectivity index is 0.00000280. The van der Waals surface area contributed by atoms with Gasteiger partial charge in [0, 0.05) is 52.3 Å². The van der Waals surface area contributed by atoms with Gasteiger partial charge in [-0.15, -0.1) is 10.3 Å². The van der Waals surface area contributed by atoms with Gasteiger partial charge in [-0.1, -0.05) is 53.0 Å². The topological polar surface area (TPSA) is 29.5 Å². The fraction of sp³-hybridized carbons (Fsp3) is 0.478. The number of halogens is 1. The predicted molar refractivity (Wildman–Crippen MR) is 117 cm³/mol. The minimum Gasteiger partial charge on any atom is -0.388 e. The smallest absolute Gasteiger partial charge is 0.0812 e. The molecule has 3 rings (SSSR count). The van der Waals surface area contributed by atoms with Gasteiger partial charge in [-0.05, 0) is 53.3 Å². The molecule has 0 bridgehead atoms. The van der Waals surface area contributed by atoms with E-state index in [9.17, 15) is 5.11 Å². The standard InChI is InChI=1S/C23H28BrO2S.Y/c1-2-26-15-14-22(25)17-8-10-19(11-9-17)23-18(12-13-21(23)24)5-3-6-20-7-4-16-27-20;/h4,7-11,18,22,25H,2-3,5-6,12-15H2,1H3;/q-1;/t18-,22?;/m0./s1. The third kappa shape index (κ3) is 6.85. The fourth-order valence-corrected chi connectivity index (χ4v) is 5.25. The van der Waals surface area contributed by atoms with Crippen molar-refractivity contribution in [1.82, 2.24) is 0 Å². The average Bonchev–Trinajstić information content (AvgIpc) is 3.32. The summed E-state index contributed by atoms with van der Waals surface area (Å²) in [6.45, 7) is 3.27. The molecule has 0 spiro atoms. The number of rotatable bonds is 10. The van der Waals surface area contributed by atoms with Crippen molar-refractivity contribution in [3.63, 3.8) is 0 Å². The summed E-state index contributed by atoms with van der Waals surface area (Å²) in [5, 5.41) is 13.5. The maximum Gasteiger partial charge on any atom is 0.0812 e. The molecule has 5 heteroatoms. The minimum atomic E-state index is -0.454. The van der Waals surface area contributed by atoms with E-state index in [-0.39, 0.29) is 32.7 Å². The Morgan fingerprint density at radius 1 is 1.29 bits per heavy atom.